The van der Waals surface area contributed by atoms with Crippen LogP contribution in [0.1, 0.15) is 12.0 Å². The van der Waals surface area contributed by atoms with Gasteiger partial charge >= 0.3 is 0 Å². The number of nitrogens with zero attached hydrogens (tertiary/aromatic N) is 3. The van der Waals surface area contributed by atoms with Gasteiger partial charge in [0.15, 0.2) is 0 Å². The van der Waals surface area contributed by atoms with Gasteiger partial charge in [-0.2, -0.15) is 0 Å². The summed E-state index contributed by atoms with van der Waals surface area (Å²) in [6.07, 6.45) is 0.0612. The quantitative estimate of drug-likeness (QED) is 0.693. The standard InChI is InChI=1S/C19H15N3O4S/c1-11-6-8-12(9-7-11)22-16(24)10-15(18(22)25)27-19-21-20-17(26-19)13-4-2-3-5-14(13)23/h2-9,15,23H,10H2,1H3/t15-/m0/s1. The number of hydrogen-bond acceptors (Lipinski definition) is 7. The Hall–Kier alpha value is -3.13. The summed E-state index contributed by atoms with van der Waals surface area (Å²) >= 11 is 1.05. The molecule has 2 aromatic carbocycles. The molecule has 8 heteroatoms. The molecule has 2 amide bonds. The predicted molar refractivity (Wildman–Crippen MR) is 99.3 cm³/mol. The fourth-order valence-corrected chi connectivity index (χ4v) is 3.69. The first-order valence-corrected chi connectivity index (χ1v) is 9.13. The van der Waals surface area contributed by atoms with Crippen LogP contribution in [0.4, 0.5) is 5.69 Å². The smallest absolute Gasteiger partial charge is 0.277 e. The number of rotatable bonds is 4. The maximum absolute atomic E-state index is 12.7. The van der Waals surface area contributed by atoms with Crippen molar-refractivity contribution in [3.63, 3.8) is 0 Å². The van der Waals surface area contributed by atoms with E-state index in [1.807, 2.05) is 19.1 Å². The molecule has 1 aliphatic heterocycles. The molecular weight excluding hydrogens is 366 g/mol. The normalized spacial score (nSPS) is 16.9. The summed E-state index contributed by atoms with van der Waals surface area (Å²) in [5.41, 5.74) is 2.01. The monoisotopic (exact) mass is 381 g/mol. The summed E-state index contributed by atoms with van der Waals surface area (Å²) in [6.45, 7) is 1.94. The Morgan fingerprint density at radius 1 is 1.11 bits per heavy atom. The second kappa shape index (κ2) is 6.88. The van der Waals surface area contributed by atoms with Crippen LogP contribution >= 0.6 is 11.8 Å². The first-order chi connectivity index (χ1) is 13.0. The Balaban J connectivity index is 1.52. The number of hydrogen-bond donors (Lipinski definition) is 1. The van der Waals surface area contributed by atoms with Crippen LogP contribution in [0.5, 0.6) is 5.75 Å². The van der Waals surface area contributed by atoms with Gasteiger partial charge in [-0.1, -0.05) is 41.6 Å². The van der Waals surface area contributed by atoms with Gasteiger partial charge in [0.05, 0.1) is 11.3 Å². The van der Waals surface area contributed by atoms with Gasteiger partial charge in [-0.05, 0) is 31.2 Å². The zero-order valence-electron chi connectivity index (χ0n) is 14.3. The topological polar surface area (TPSA) is 96.5 Å². The molecule has 1 fully saturated rings. The number of carbonyl (C=O) groups is 2. The number of aromatic nitrogens is 2. The number of phenols is 1. The van der Waals surface area contributed by atoms with E-state index in [1.165, 1.54) is 11.0 Å². The van der Waals surface area contributed by atoms with E-state index < -0.39 is 5.25 Å². The van der Waals surface area contributed by atoms with E-state index in [0.717, 1.165) is 17.3 Å². The number of amides is 2. The van der Waals surface area contributed by atoms with Gasteiger partial charge in [0.2, 0.25) is 11.8 Å². The number of benzene rings is 2. The highest BCUT2D eigenvalue weighted by molar-refractivity contribution is 8.00. The highest BCUT2D eigenvalue weighted by Crippen LogP contribution is 2.35. The van der Waals surface area contributed by atoms with Gasteiger partial charge in [0.25, 0.3) is 11.1 Å². The number of thioether (sulfide) groups is 1. The molecule has 27 heavy (non-hydrogen) atoms. The van der Waals surface area contributed by atoms with Crippen molar-refractivity contribution < 1.29 is 19.1 Å². The van der Waals surface area contributed by atoms with E-state index in [1.54, 1.807) is 30.3 Å². The van der Waals surface area contributed by atoms with Gasteiger partial charge in [-0.3, -0.25) is 9.59 Å². The van der Waals surface area contributed by atoms with E-state index >= 15 is 0 Å². The Morgan fingerprint density at radius 3 is 2.59 bits per heavy atom. The van der Waals surface area contributed by atoms with E-state index in [-0.39, 0.29) is 35.1 Å². The first-order valence-electron chi connectivity index (χ1n) is 8.25. The lowest BCUT2D eigenvalue weighted by atomic mass is 10.2. The Bertz CT molecular complexity index is 1020. The summed E-state index contributed by atoms with van der Waals surface area (Å²) in [5, 5.41) is 17.2. The lowest BCUT2D eigenvalue weighted by molar-refractivity contribution is -0.121. The molecule has 1 atom stereocenters. The summed E-state index contributed by atoms with van der Waals surface area (Å²) in [6, 6.07) is 13.8. The number of imide groups is 1. The van der Waals surface area contributed by atoms with Crippen molar-refractivity contribution >= 4 is 29.3 Å². The predicted octanol–water partition coefficient (Wildman–Crippen LogP) is 3.17. The third kappa shape index (κ3) is 3.31. The summed E-state index contributed by atoms with van der Waals surface area (Å²) in [4.78, 5) is 26.2. The average Bonchev–Trinajstić information content (AvgIpc) is 3.22. The van der Waals surface area contributed by atoms with E-state index in [2.05, 4.69) is 10.2 Å². The molecule has 1 N–H and O–H groups in total. The molecule has 3 aromatic rings. The minimum atomic E-state index is -0.628. The van der Waals surface area contributed by atoms with Crippen LogP contribution in [-0.2, 0) is 9.59 Å². The van der Waals surface area contributed by atoms with Gasteiger partial charge in [-0.15, -0.1) is 10.2 Å². The minimum absolute atomic E-state index is 0.0235. The number of para-hydroxylation sites is 1. The molecule has 1 aromatic heterocycles. The van der Waals surface area contributed by atoms with Gasteiger partial charge in [-0.25, -0.2) is 4.90 Å². The average molecular weight is 381 g/mol. The molecule has 0 unspecified atom stereocenters. The molecule has 0 radical (unpaired) electrons. The fraction of sp³-hybridized carbons (Fsp3) is 0.158. The van der Waals surface area contributed by atoms with Crippen molar-refractivity contribution in [1.82, 2.24) is 10.2 Å². The summed E-state index contributed by atoms with van der Waals surface area (Å²) < 4.78 is 5.55. The van der Waals surface area contributed by atoms with Crippen LogP contribution in [0.2, 0.25) is 0 Å². The van der Waals surface area contributed by atoms with E-state index in [4.69, 9.17) is 4.42 Å². The SMILES string of the molecule is Cc1ccc(N2C(=O)C[C@H](Sc3nnc(-c4ccccc4O)o3)C2=O)cc1. The number of aryl methyl sites for hydroxylation is 1. The fourth-order valence-electron chi connectivity index (χ4n) is 2.80. The van der Waals surface area contributed by atoms with Crippen LogP contribution in [0.25, 0.3) is 11.5 Å². The molecule has 1 saturated heterocycles. The molecule has 7 nitrogen and oxygen atoms in total. The maximum Gasteiger partial charge on any atom is 0.277 e. The zero-order chi connectivity index (χ0) is 19.0. The second-order valence-corrected chi connectivity index (χ2v) is 7.26. The summed E-state index contributed by atoms with van der Waals surface area (Å²) in [7, 11) is 0. The number of phenolic OH excluding ortho intramolecular Hbond substituents is 1. The second-order valence-electron chi connectivity index (χ2n) is 6.10. The molecule has 2 heterocycles. The van der Waals surface area contributed by atoms with Crippen molar-refractivity contribution in [3.05, 3.63) is 54.1 Å². The molecule has 0 saturated carbocycles. The van der Waals surface area contributed by atoms with Gasteiger partial charge in [0.1, 0.15) is 11.0 Å². The number of carbonyl (C=O) groups excluding carboxylic acids is 2. The van der Waals surface area contributed by atoms with Crippen molar-refractivity contribution in [1.29, 1.82) is 0 Å². The molecular formula is C19H15N3O4S. The Labute approximate surface area is 159 Å². The number of anilines is 1. The van der Waals surface area contributed by atoms with Crippen LogP contribution in [0, 0.1) is 6.92 Å². The van der Waals surface area contributed by atoms with Crippen molar-refractivity contribution in [2.24, 2.45) is 0 Å². The Kier molecular flexibility index (Phi) is 4.41. The highest BCUT2D eigenvalue weighted by atomic mass is 32.2. The Morgan fingerprint density at radius 2 is 1.85 bits per heavy atom. The zero-order valence-corrected chi connectivity index (χ0v) is 15.1. The first kappa shape index (κ1) is 17.3. The molecule has 136 valence electrons. The van der Waals surface area contributed by atoms with Crippen molar-refractivity contribution in [3.8, 4) is 17.2 Å². The molecule has 4 rings (SSSR count). The summed E-state index contributed by atoms with van der Waals surface area (Å²) in [5.74, 6) is -0.393. The van der Waals surface area contributed by atoms with Gasteiger partial charge < -0.3 is 9.52 Å². The van der Waals surface area contributed by atoms with Crippen LogP contribution in [-0.4, -0.2) is 32.4 Å². The van der Waals surface area contributed by atoms with E-state index in [0.29, 0.717) is 11.3 Å². The largest absolute Gasteiger partial charge is 0.507 e. The van der Waals surface area contributed by atoms with Crippen LogP contribution < -0.4 is 4.90 Å². The van der Waals surface area contributed by atoms with Crippen molar-refractivity contribution in [2.45, 2.75) is 23.8 Å². The van der Waals surface area contributed by atoms with E-state index in [9.17, 15) is 14.7 Å². The molecule has 1 aliphatic rings. The lowest BCUT2D eigenvalue weighted by Gasteiger charge is -2.14. The lowest BCUT2D eigenvalue weighted by Crippen LogP contribution is -2.31. The molecule has 0 aliphatic carbocycles. The minimum Gasteiger partial charge on any atom is -0.507 e. The van der Waals surface area contributed by atoms with Crippen molar-refractivity contribution in [2.75, 3.05) is 4.90 Å². The van der Waals surface area contributed by atoms with Crippen LogP contribution in [0.3, 0.4) is 0 Å². The molecule has 0 bridgehead atoms. The third-order valence-electron chi connectivity index (χ3n) is 4.18. The third-order valence-corrected chi connectivity index (χ3v) is 5.20. The maximum atomic E-state index is 12.7. The molecule has 0 spiro atoms. The van der Waals surface area contributed by atoms with Gasteiger partial charge in [0, 0.05) is 6.42 Å². The number of aromatic hydroxyl groups is 1. The highest BCUT2D eigenvalue weighted by Gasteiger charge is 2.41. The van der Waals surface area contributed by atoms with Crippen LogP contribution in [0.15, 0.2) is 58.2 Å².